The lowest BCUT2D eigenvalue weighted by molar-refractivity contribution is -0.130. The minimum Gasteiger partial charge on any atom is -0.345 e. The Morgan fingerprint density at radius 2 is 2.13 bits per heavy atom. The highest BCUT2D eigenvalue weighted by Gasteiger charge is 2.26. The number of benzene rings is 1. The number of amides is 1. The van der Waals surface area contributed by atoms with Gasteiger partial charge in [0.05, 0.1) is 0 Å². The predicted octanol–water partition coefficient (Wildman–Crippen LogP) is 2.11. The van der Waals surface area contributed by atoms with Gasteiger partial charge in [-0.3, -0.25) is 9.69 Å². The van der Waals surface area contributed by atoms with Crippen molar-refractivity contribution in [3.8, 4) is 0 Å². The summed E-state index contributed by atoms with van der Waals surface area (Å²) in [5.74, 6) is 0.912. The van der Waals surface area contributed by atoms with Crippen molar-refractivity contribution in [3.05, 3.63) is 35.9 Å². The second-order valence-electron chi connectivity index (χ2n) is 7.15. The van der Waals surface area contributed by atoms with E-state index in [1.807, 2.05) is 11.9 Å². The van der Waals surface area contributed by atoms with E-state index in [1.54, 1.807) is 0 Å². The van der Waals surface area contributed by atoms with E-state index in [0.29, 0.717) is 24.3 Å². The molecule has 2 unspecified atom stereocenters. The molecule has 0 aliphatic carbocycles. The van der Waals surface area contributed by atoms with Crippen LogP contribution in [0.1, 0.15) is 31.2 Å². The first kappa shape index (κ1) is 16.5. The Hall–Kier alpha value is -1.39. The van der Waals surface area contributed by atoms with E-state index in [2.05, 4.69) is 40.5 Å². The summed E-state index contributed by atoms with van der Waals surface area (Å²) in [4.78, 5) is 16.8. The quantitative estimate of drug-likeness (QED) is 0.873. The summed E-state index contributed by atoms with van der Waals surface area (Å²) in [5.41, 5.74) is 1.38. The number of nitrogens with zero attached hydrogens (tertiary/aromatic N) is 2. The molecule has 0 saturated carbocycles. The van der Waals surface area contributed by atoms with Crippen LogP contribution in [0, 0.1) is 5.92 Å². The molecule has 4 heteroatoms. The average molecular weight is 315 g/mol. The van der Waals surface area contributed by atoms with E-state index < -0.39 is 0 Å². The number of rotatable bonds is 6. The number of hydrogen-bond donors (Lipinski definition) is 1. The monoisotopic (exact) mass is 315 g/mol. The molecule has 2 saturated heterocycles. The molecule has 0 radical (unpaired) electrons. The summed E-state index contributed by atoms with van der Waals surface area (Å²) in [6.45, 7) is 5.25. The van der Waals surface area contributed by atoms with Crippen LogP contribution in [0.2, 0.25) is 0 Å². The second-order valence-corrected chi connectivity index (χ2v) is 7.15. The van der Waals surface area contributed by atoms with Crippen molar-refractivity contribution in [2.45, 2.75) is 38.3 Å². The summed E-state index contributed by atoms with van der Waals surface area (Å²) in [5, 5.41) is 3.41. The van der Waals surface area contributed by atoms with Gasteiger partial charge in [-0.25, -0.2) is 0 Å². The zero-order valence-corrected chi connectivity index (χ0v) is 14.2. The molecule has 4 nitrogen and oxygen atoms in total. The van der Waals surface area contributed by atoms with E-state index in [1.165, 1.54) is 18.4 Å². The lowest BCUT2D eigenvalue weighted by Crippen LogP contribution is -2.36. The normalized spacial score (nSPS) is 24.9. The molecule has 1 amide bonds. The van der Waals surface area contributed by atoms with E-state index in [9.17, 15) is 4.79 Å². The highest BCUT2D eigenvalue weighted by Crippen LogP contribution is 2.20. The van der Waals surface area contributed by atoms with Crippen LogP contribution in [-0.2, 0) is 11.3 Å². The van der Waals surface area contributed by atoms with Crippen molar-refractivity contribution in [3.63, 3.8) is 0 Å². The summed E-state index contributed by atoms with van der Waals surface area (Å²) < 4.78 is 0. The van der Waals surface area contributed by atoms with Crippen molar-refractivity contribution < 1.29 is 4.79 Å². The molecule has 23 heavy (non-hydrogen) atoms. The Bertz CT molecular complexity index is 499. The maximum absolute atomic E-state index is 12.3. The van der Waals surface area contributed by atoms with Gasteiger partial charge in [0.25, 0.3) is 0 Å². The topological polar surface area (TPSA) is 35.6 Å². The van der Waals surface area contributed by atoms with Crippen LogP contribution >= 0.6 is 0 Å². The van der Waals surface area contributed by atoms with Crippen LogP contribution in [0.25, 0.3) is 0 Å². The fourth-order valence-corrected chi connectivity index (χ4v) is 3.83. The zero-order chi connectivity index (χ0) is 16.1. The Morgan fingerprint density at radius 1 is 1.30 bits per heavy atom. The Balaban J connectivity index is 1.41. The van der Waals surface area contributed by atoms with Gasteiger partial charge in [0.2, 0.25) is 5.91 Å². The SMILES string of the molecule is CN(CC1CCN(Cc2ccccc2)C1)C(=O)CC1CCCN1. The minimum absolute atomic E-state index is 0.297. The predicted molar refractivity (Wildman–Crippen MR) is 93.1 cm³/mol. The van der Waals surface area contributed by atoms with Crippen LogP contribution in [0.15, 0.2) is 30.3 Å². The van der Waals surface area contributed by atoms with Crippen LogP contribution in [0.4, 0.5) is 0 Å². The average Bonchev–Trinajstić information content (AvgIpc) is 3.20. The minimum atomic E-state index is 0.297. The van der Waals surface area contributed by atoms with Gasteiger partial charge in [0, 0.05) is 39.1 Å². The molecule has 3 rings (SSSR count). The molecule has 2 aliphatic heterocycles. The summed E-state index contributed by atoms with van der Waals surface area (Å²) in [6.07, 6.45) is 4.22. The van der Waals surface area contributed by atoms with Gasteiger partial charge in [0.15, 0.2) is 0 Å². The number of nitrogens with one attached hydrogen (secondary N) is 1. The number of carbonyl (C=O) groups is 1. The molecule has 1 N–H and O–H groups in total. The molecular formula is C19H29N3O. The van der Waals surface area contributed by atoms with E-state index in [-0.39, 0.29) is 0 Å². The van der Waals surface area contributed by atoms with Crippen LogP contribution in [0.5, 0.6) is 0 Å². The molecule has 126 valence electrons. The Kier molecular flexibility index (Phi) is 5.68. The Morgan fingerprint density at radius 3 is 2.87 bits per heavy atom. The molecule has 2 heterocycles. The largest absolute Gasteiger partial charge is 0.345 e. The van der Waals surface area contributed by atoms with Crippen molar-refractivity contribution >= 4 is 5.91 Å². The van der Waals surface area contributed by atoms with E-state index in [0.717, 1.165) is 39.1 Å². The fourth-order valence-electron chi connectivity index (χ4n) is 3.83. The summed E-state index contributed by atoms with van der Waals surface area (Å²) in [6, 6.07) is 11.1. The van der Waals surface area contributed by atoms with Gasteiger partial charge >= 0.3 is 0 Å². The molecule has 2 atom stereocenters. The van der Waals surface area contributed by atoms with Gasteiger partial charge in [0.1, 0.15) is 0 Å². The molecule has 0 spiro atoms. The third-order valence-electron chi connectivity index (χ3n) is 5.16. The highest BCUT2D eigenvalue weighted by molar-refractivity contribution is 5.76. The van der Waals surface area contributed by atoms with Gasteiger partial charge in [-0.1, -0.05) is 30.3 Å². The first-order valence-corrected chi connectivity index (χ1v) is 8.94. The number of likely N-dealkylation sites (tertiary alicyclic amines) is 1. The molecule has 2 fully saturated rings. The van der Waals surface area contributed by atoms with Gasteiger partial charge in [-0.15, -0.1) is 0 Å². The van der Waals surface area contributed by atoms with Gasteiger partial charge < -0.3 is 10.2 Å². The zero-order valence-electron chi connectivity index (χ0n) is 14.2. The first-order valence-electron chi connectivity index (χ1n) is 8.94. The van der Waals surface area contributed by atoms with Crippen molar-refractivity contribution in [1.82, 2.24) is 15.1 Å². The molecule has 1 aromatic rings. The smallest absolute Gasteiger partial charge is 0.223 e. The number of carbonyl (C=O) groups excluding carboxylic acids is 1. The van der Waals surface area contributed by atoms with E-state index in [4.69, 9.17) is 0 Å². The lowest BCUT2D eigenvalue weighted by atomic mass is 10.1. The van der Waals surface area contributed by atoms with Crippen LogP contribution < -0.4 is 5.32 Å². The lowest BCUT2D eigenvalue weighted by Gasteiger charge is -2.23. The molecular weight excluding hydrogens is 286 g/mol. The van der Waals surface area contributed by atoms with Crippen molar-refractivity contribution in [1.29, 1.82) is 0 Å². The van der Waals surface area contributed by atoms with Gasteiger partial charge in [-0.05, 0) is 43.8 Å². The standard InChI is InChI=1S/C19H29N3O/c1-21(19(23)12-18-8-5-10-20-18)13-17-9-11-22(15-17)14-16-6-3-2-4-7-16/h2-4,6-7,17-18,20H,5,8-15H2,1H3. The van der Waals surface area contributed by atoms with Crippen LogP contribution in [-0.4, -0.2) is 55.0 Å². The third-order valence-corrected chi connectivity index (χ3v) is 5.16. The number of hydrogen-bond acceptors (Lipinski definition) is 3. The van der Waals surface area contributed by atoms with Gasteiger partial charge in [-0.2, -0.15) is 0 Å². The molecule has 0 aromatic heterocycles. The van der Waals surface area contributed by atoms with E-state index >= 15 is 0 Å². The van der Waals surface area contributed by atoms with Crippen LogP contribution in [0.3, 0.4) is 0 Å². The van der Waals surface area contributed by atoms with Crippen molar-refractivity contribution in [2.24, 2.45) is 5.92 Å². The fraction of sp³-hybridized carbons (Fsp3) is 0.632. The molecule has 1 aromatic carbocycles. The second kappa shape index (κ2) is 7.93. The summed E-state index contributed by atoms with van der Waals surface area (Å²) in [7, 11) is 1.97. The first-order chi connectivity index (χ1) is 11.2. The van der Waals surface area contributed by atoms with Crippen molar-refractivity contribution in [2.75, 3.05) is 33.2 Å². The summed E-state index contributed by atoms with van der Waals surface area (Å²) >= 11 is 0. The maximum Gasteiger partial charge on any atom is 0.223 e. The molecule has 0 bridgehead atoms. The third kappa shape index (κ3) is 4.79. The molecule has 2 aliphatic rings. The Labute approximate surface area is 139 Å². The highest BCUT2D eigenvalue weighted by atomic mass is 16.2. The maximum atomic E-state index is 12.3.